The van der Waals surface area contributed by atoms with Crippen LogP contribution >= 0.6 is 11.3 Å². The first-order valence-electron chi connectivity index (χ1n) is 24.3. The van der Waals surface area contributed by atoms with Gasteiger partial charge in [-0.25, -0.2) is 0 Å². The first-order valence-corrected chi connectivity index (χ1v) is 27.5. The van der Waals surface area contributed by atoms with Gasteiger partial charge in [0.1, 0.15) is 0 Å². The van der Waals surface area contributed by atoms with Gasteiger partial charge in [-0.3, -0.25) is 4.98 Å². The molecule has 0 bridgehead atoms. The van der Waals surface area contributed by atoms with Crippen molar-refractivity contribution in [3.05, 3.63) is 168 Å². The maximum Gasteiger partial charge on any atom is 0 e. The quantitative estimate of drug-likeness (QED) is 0.118. The summed E-state index contributed by atoms with van der Waals surface area (Å²) in [6.07, 6.45) is 1.84. The zero-order valence-electron chi connectivity index (χ0n) is 44.1. The Morgan fingerprint density at radius 2 is 1.49 bits per heavy atom. The minimum atomic E-state index is -2.47. The maximum atomic E-state index is 9.39. The molecule has 0 N–H and O–H groups in total. The Bertz CT molecular complexity index is 3280. The van der Waals surface area contributed by atoms with E-state index in [0.29, 0.717) is 22.6 Å². The van der Waals surface area contributed by atoms with Gasteiger partial charge in [-0.05, 0) is 86.9 Å². The third-order valence-corrected chi connectivity index (χ3v) is 15.8. The van der Waals surface area contributed by atoms with Gasteiger partial charge in [0.05, 0.1) is 16.9 Å². The first kappa shape index (κ1) is 31.3. The SMILES string of the molecule is [2H]C([2H])([2H])c1ccc2c(c1)sc1c(-c3nc4ccccc4n3-c3c(C([2H])(C)C)cc(-c4ccccc4)cc3C([2H])(C)C)[c-]ccc12.[2H]c1[c-]c(-c2cc[c]([Ge]([CH3])([CH3])[CH3])cn2)cc([2H])c1C([2H])([2H])[2H].[Ir]. The molecule has 0 spiro atoms. The van der Waals surface area contributed by atoms with E-state index < -0.39 is 38.8 Å². The van der Waals surface area contributed by atoms with Gasteiger partial charge < -0.3 is 4.57 Å². The molecular formula is C53H51GeIrN3S-2. The number of thiophene rings is 1. The minimum Gasteiger partial charge on any atom is 0 e. The van der Waals surface area contributed by atoms with Crippen molar-refractivity contribution in [2.24, 2.45) is 0 Å². The third kappa shape index (κ3) is 8.67. The molecule has 0 aliphatic carbocycles. The molecule has 6 aromatic carbocycles. The van der Waals surface area contributed by atoms with E-state index in [2.05, 4.69) is 63.2 Å². The first-order chi connectivity index (χ1) is 31.7. The van der Waals surface area contributed by atoms with Crippen molar-refractivity contribution in [3.8, 4) is 39.5 Å². The number of para-hydroxylation sites is 2. The van der Waals surface area contributed by atoms with Crippen LogP contribution in [0.15, 0.2) is 134 Å². The van der Waals surface area contributed by atoms with Crippen molar-refractivity contribution in [1.82, 2.24) is 14.5 Å². The Morgan fingerprint density at radius 3 is 2.15 bits per heavy atom. The van der Waals surface area contributed by atoms with Crippen molar-refractivity contribution in [1.29, 1.82) is 0 Å². The van der Waals surface area contributed by atoms with Crippen LogP contribution in [0, 0.1) is 25.8 Å². The number of benzene rings is 6. The fraction of sp³-hybridized carbons (Fsp3) is 0.208. The molecule has 9 aromatic rings. The van der Waals surface area contributed by atoms with Crippen LogP contribution < -0.4 is 4.40 Å². The molecule has 59 heavy (non-hydrogen) atoms. The Hall–Kier alpha value is -4.65. The smallest absolute Gasteiger partial charge is 0 e. The summed E-state index contributed by atoms with van der Waals surface area (Å²) in [7, 11) is 0. The second kappa shape index (κ2) is 17.5. The molecule has 0 fully saturated rings. The molecule has 1 radical (unpaired) electrons. The molecule has 0 atom stereocenters. The van der Waals surface area contributed by atoms with Gasteiger partial charge in [-0.1, -0.05) is 93.2 Å². The Balaban J connectivity index is 0.000000258. The van der Waals surface area contributed by atoms with Gasteiger partial charge in [-0.2, -0.15) is 11.3 Å². The van der Waals surface area contributed by atoms with Crippen molar-refractivity contribution in [3.63, 3.8) is 0 Å². The van der Waals surface area contributed by atoms with E-state index in [4.69, 9.17) is 16.0 Å². The second-order valence-corrected chi connectivity index (χ2v) is 27.7. The van der Waals surface area contributed by atoms with E-state index in [-0.39, 0.29) is 37.8 Å². The number of pyridine rings is 1. The van der Waals surface area contributed by atoms with E-state index in [9.17, 15) is 2.74 Å². The molecule has 299 valence electrons. The predicted molar refractivity (Wildman–Crippen MR) is 253 cm³/mol. The van der Waals surface area contributed by atoms with Gasteiger partial charge in [-0.15, -0.1) is 18.2 Å². The fourth-order valence-corrected chi connectivity index (χ4v) is 10.6. The summed E-state index contributed by atoms with van der Waals surface area (Å²) in [5.41, 5.74) is 7.94. The van der Waals surface area contributed by atoms with Crippen LogP contribution in [-0.4, -0.2) is 27.8 Å². The summed E-state index contributed by atoms with van der Waals surface area (Å²) in [5.74, 6) is 5.47. The molecule has 6 heteroatoms. The number of imidazole rings is 1. The topological polar surface area (TPSA) is 30.7 Å². The molecule has 0 aliphatic heterocycles. The van der Waals surface area contributed by atoms with Crippen LogP contribution in [0.2, 0.25) is 17.3 Å². The fourth-order valence-electron chi connectivity index (χ4n) is 7.24. The zero-order valence-corrected chi connectivity index (χ0v) is 39.4. The molecular weight excluding hydrogens is 975 g/mol. The Labute approximate surface area is 384 Å². The number of rotatable bonds is 7. The molecule has 0 unspecified atom stereocenters. The number of fused-ring (bicyclic) bond motifs is 4. The molecule has 3 heterocycles. The molecule has 9 rings (SSSR count). The van der Waals surface area contributed by atoms with Crippen LogP contribution in [0.3, 0.4) is 0 Å². The number of aryl methyl sites for hydroxylation is 1. The van der Waals surface area contributed by atoms with E-state index in [1.54, 1.807) is 12.1 Å². The van der Waals surface area contributed by atoms with Crippen LogP contribution in [0.5, 0.6) is 0 Å². The monoisotopic (exact) mass is 1040 g/mol. The summed E-state index contributed by atoms with van der Waals surface area (Å²) in [5, 5.41) is 1.99. The van der Waals surface area contributed by atoms with Gasteiger partial charge >= 0.3 is 113 Å². The summed E-state index contributed by atoms with van der Waals surface area (Å²) in [6.45, 7) is 2.89. The van der Waals surface area contributed by atoms with Crippen LogP contribution in [-0.2, 0) is 20.1 Å². The van der Waals surface area contributed by atoms with E-state index in [1.165, 1.54) is 21.8 Å². The average molecular weight is 1040 g/mol. The second-order valence-electron chi connectivity index (χ2n) is 16.0. The minimum absolute atomic E-state index is 0. The van der Waals surface area contributed by atoms with Crippen molar-refractivity contribution < 1.29 is 33.8 Å². The largest absolute Gasteiger partial charge is 0 e. The molecule has 3 aromatic heterocycles. The average Bonchev–Trinajstić information content (AvgIpc) is 3.83. The van der Waals surface area contributed by atoms with E-state index in [0.717, 1.165) is 64.7 Å². The summed E-state index contributed by atoms with van der Waals surface area (Å²) < 4.78 is 85.7. The third-order valence-electron chi connectivity index (χ3n) is 10.3. The number of nitrogens with zero attached hydrogens (tertiary/aromatic N) is 3. The molecule has 3 nitrogen and oxygen atoms in total. The van der Waals surface area contributed by atoms with Crippen LogP contribution in [0.25, 0.3) is 70.7 Å². The number of hydrogen-bond acceptors (Lipinski definition) is 3. The number of hydrogen-bond donors (Lipinski definition) is 0. The normalized spacial score (nSPS) is 14.9. The van der Waals surface area contributed by atoms with Crippen LogP contribution in [0.1, 0.15) is 75.4 Å². The molecule has 0 aliphatic rings. The Morgan fingerprint density at radius 1 is 0.763 bits per heavy atom. The van der Waals surface area contributed by atoms with Crippen molar-refractivity contribution in [2.45, 2.75) is 70.5 Å². The maximum absolute atomic E-state index is 9.39. The predicted octanol–water partition coefficient (Wildman–Crippen LogP) is 14.5. The van der Waals surface area contributed by atoms with Crippen molar-refractivity contribution >= 4 is 60.2 Å². The molecule has 0 saturated carbocycles. The zero-order chi connectivity index (χ0) is 49.3. The molecule has 0 saturated heterocycles. The van der Waals surface area contributed by atoms with Crippen molar-refractivity contribution in [2.75, 3.05) is 0 Å². The van der Waals surface area contributed by atoms with E-state index >= 15 is 0 Å². The Kier molecular flexibility index (Phi) is 9.28. The van der Waals surface area contributed by atoms with Crippen LogP contribution in [0.4, 0.5) is 0 Å². The summed E-state index contributed by atoms with van der Waals surface area (Å²) in [6, 6.07) is 42.6. The van der Waals surface area contributed by atoms with Gasteiger partial charge in [0.2, 0.25) is 0 Å². The van der Waals surface area contributed by atoms with E-state index in [1.807, 2.05) is 107 Å². The van der Waals surface area contributed by atoms with Gasteiger partial charge in [0.25, 0.3) is 0 Å². The summed E-state index contributed by atoms with van der Waals surface area (Å²) in [4.78, 5) is 9.59. The number of aromatic nitrogens is 3. The summed E-state index contributed by atoms with van der Waals surface area (Å²) >= 11 is -0.394. The van der Waals surface area contributed by atoms with Gasteiger partial charge in [0.15, 0.2) is 0 Å². The standard InChI is InChI=1S/C38H33N2S.C15H18GeN.Ir/c1-23(2)31-21-27(26-12-7-6-8-13-26)22-32(24(3)4)36(31)40-34-17-10-9-16-33(34)39-38(40)30-15-11-14-29-28-19-18-25(5)20-35(28)41-37(29)30;1-12-5-7-13(8-6-12)15-10-9-14(11-17-15)16(2,3)4;/h6-14,16-24H,1-5H3;5-7,9-11H,1-4H3;/q2*-1;/i5D3,23D,24D;1D3,5D,6D;. The van der Waals surface area contributed by atoms with Gasteiger partial charge in [0, 0.05) is 37.3 Å². The molecule has 0 amide bonds.